The van der Waals surface area contributed by atoms with Crippen molar-refractivity contribution in [2.24, 2.45) is 0 Å². The van der Waals surface area contributed by atoms with Gasteiger partial charge in [-0.2, -0.15) is 0 Å². The number of hydrogen-bond donors (Lipinski definition) is 5. The smallest absolute Gasteiger partial charge is 0.293 e. The van der Waals surface area contributed by atoms with Gasteiger partial charge >= 0.3 is 0 Å². The summed E-state index contributed by atoms with van der Waals surface area (Å²) < 4.78 is 6.18. The van der Waals surface area contributed by atoms with Crippen LogP contribution in [0.5, 0.6) is 17.2 Å². The van der Waals surface area contributed by atoms with Crippen molar-refractivity contribution in [1.82, 2.24) is 5.32 Å². The zero-order valence-electron chi connectivity index (χ0n) is 19.7. The van der Waals surface area contributed by atoms with Crippen LogP contribution in [0.15, 0.2) is 36.4 Å². The van der Waals surface area contributed by atoms with Crippen molar-refractivity contribution < 1.29 is 30.0 Å². The molecular weight excluding hydrogens is 410 g/mol. The third kappa shape index (κ3) is 6.22. The topological polar surface area (TPSA) is 119 Å². The monoisotopic (exact) mass is 445 g/mol. The molecule has 2 rings (SSSR count). The van der Waals surface area contributed by atoms with E-state index < -0.39 is 18.4 Å². The van der Waals surface area contributed by atoms with E-state index >= 15 is 0 Å². The molecule has 5 N–H and O–H groups in total. The molecule has 0 spiro atoms. The van der Waals surface area contributed by atoms with Crippen molar-refractivity contribution in [2.75, 3.05) is 6.54 Å². The van der Waals surface area contributed by atoms with Gasteiger partial charge in [0.25, 0.3) is 11.9 Å². The van der Waals surface area contributed by atoms with Crippen LogP contribution >= 0.6 is 0 Å². The van der Waals surface area contributed by atoms with Crippen LogP contribution in [0, 0.1) is 0 Å². The summed E-state index contributed by atoms with van der Waals surface area (Å²) in [5.74, 6) is -3.16. The molecule has 0 unspecified atom stereocenters. The third-order valence-corrected chi connectivity index (χ3v) is 6.17. The number of hydrogen-bond acceptors (Lipinski definition) is 6. The normalized spacial score (nSPS) is 12.5. The molecule has 2 aromatic rings. The van der Waals surface area contributed by atoms with Crippen molar-refractivity contribution >= 4 is 5.91 Å². The average Bonchev–Trinajstić information content (AvgIpc) is 2.72. The van der Waals surface area contributed by atoms with Gasteiger partial charge in [-0.05, 0) is 53.5 Å². The molecule has 0 saturated carbocycles. The molecule has 0 radical (unpaired) electrons. The quantitative estimate of drug-likeness (QED) is 0.373. The van der Waals surface area contributed by atoms with E-state index in [4.69, 9.17) is 20.1 Å². The van der Waals surface area contributed by atoms with Crippen LogP contribution < -0.4 is 10.1 Å². The van der Waals surface area contributed by atoms with Crippen molar-refractivity contribution in [1.29, 1.82) is 0 Å². The van der Waals surface area contributed by atoms with Crippen LogP contribution in [0.4, 0.5) is 0 Å². The minimum absolute atomic E-state index is 0.00697. The summed E-state index contributed by atoms with van der Waals surface area (Å²) in [7, 11) is 0. The second-order valence-electron chi connectivity index (χ2n) is 9.43. The minimum atomic E-state index is -3.05. The number of ether oxygens (including phenoxy) is 1. The second-order valence-corrected chi connectivity index (χ2v) is 9.43. The van der Waals surface area contributed by atoms with Crippen LogP contribution in [0.3, 0.4) is 0 Å². The molecule has 0 atom stereocenters. The Balaban J connectivity index is 2.51. The maximum Gasteiger partial charge on any atom is 0.293 e. The highest BCUT2D eigenvalue weighted by atomic mass is 16.7. The molecule has 0 bridgehead atoms. The third-order valence-electron chi connectivity index (χ3n) is 6.17. The van der Waals surface area contributed by atoms with Gasteiger partial charge in [0.2, 0.25) is 0 Å². The summed E-state index contributed by atoms with van der Waals surface area (Å²) in [4.78, 5) is 12.6. The SMILES string of the molecule is CCC(C)(C)c1ccc(Oc2ccc(O)cc2C(=O)NCC(O)(O)O)c(C(C)(C)CC)c1. The van der Waals surface area contributed by atoms with E-state index in [1.165, 1.54) is 23.8 Å². The number of benzene rings is 2. The maximum absolute atomic E-state index is 12.6. The molecule has 0 saturated heterocycles. The Morgan fingerprint density at radius 1 is 0.906 bits per heavy atom. The van der Waals surface area contributed by atoms with Gasteiger partial charge in [0.05, 0.1) is 12.1 Å². The number of carbonyl (C=O) groups is 1. The molecule has 0 aromatic heterocycles. The van der Waals surface area contributed by atoms with Gasteiger partial charge in [-0.1, -0.05) is 53.7 Å². The average molecular weight is 446 g/mol. The van der Waals surface area contributed by atoms with Crippen LogP contribution in [0.25, 0.3) is 0 Å². The molecule has 0 heterocycles. The van der Waals surface area contributed by atoms with Crippen LogP contribution in [-0.4, -0.2) is 38.9 Å². The number of aliphatic hydroxyl groups is 3. The molecule has 176 valence electrons. The lowest BCUT2D eigenvalue weighted by atomic mass is 9.76. The number of aromatic hydroxyl groups is 1. The molecule has 0 aliphatic heterocycles. The van der Waals surface area contributed by atoms with Gasteiger partial charge in [-0.15, -0.1) is 0 Å². The Kier molecular flexibility index (Phi) is 7.60. The van der Waals surface area contributed by atoms with Gasteiger partial charge in [0.15, 0.2) is 0 Å². The standard InChI is InChI=1S/C25H35NO6/c1-7-23(3,4)16-9-11-21(19(13-16)24(5,6)8-2)32-20-12-10-17(27)14-18(20)22(28)26-15-25(29,30)31/h9-14,27,29-31H,7-8,15H2,1-6H3,(H,26,28). The molecule has 7 nitrogen and oxygen atoms in total. The van der Waals surface area contributed by atoms with E-state index in [9.17, 15) is 9.90 Å². The van der Waals surface area contributed by atoms with Gasteiger partial charge < -0.3 is 30.5 Å². The van der Waals surface area contributed by atoms with E-state index in [0.717, 1.165) is 18.4 Å². The zero-order valence-corrected chi connectivity index (χ0v) is 19.7. The van der Waals surface area contributed by atoms with Crippen LogP contribution in [-0.2, 0) is 10.8 Å². The molecular formula is C25H35NO6. The fourth-order valence-electron chi connectivity index (χ4n) is 3.16. The predicted molar refractivity (Wildman–Crippen MR) is 123 cm³/mol. The molecule has 0 aliphatic carbocycles. The fourth-order valence-corrected chi connectivity index (χ4v) is 3.16. The Morgan fingerprint density at radius 2 is 1.50 bits per heavy atom. The summed E-state index contributed by atoms with van der Waals surface area (Å²) in [6.07, 6.45) is 1.84. The van der Waals surface area contributed by atoms with Crippen LogP contribution in [0.1, 0.15) is 75.9 Å². The fraction of sp³-hybridized carbons (Fsp3) is 0.480. The molecule has 0 fully saturated rings. The molecule has 7 heteroatoms. The lowest BCUT2D eigenvalue weighted by Crippen LogP contribution is -2.42. The molecule has 0 aliphatic rings. The van der Waals surface area contributed by atoms with E-state index in [-0.39, 0.29) is 27.9 Å². The van der Waals surface area contributed by atoms with Crippen molar-refractivity contribution in [2.45, 2.75) is 71.2 Å². The van der Waals surface area contributed by atoms with Crippen molar-refractivity contribution in [3.63, 3.8) is 0 Å². The van der Waals surface area contributed by atoms with E-state index in [1.54, 1.807) is 0 Å². The summed E-state index contributed by atoms with van der Waals surface area (Å²) in [5.41, 5.74) is 1.98. The maximum atomic E-state index is 12.6. The van der Waals surface area contributed by atoms with Gasteiger partial charge in [-0.25, -0.2) is 0 Å². The largest absolute Gasteiger partial charge is 0.508 e. The van der Waals surface area contributed by atoms with Gasteiger partial charge in [0.1, 0.15) is 17.2 Å². The Bertz CT molecular complexity index is 959. The Hall–Kier alpha value is -2.61. The first kappa shape index (κ1) is 25.6. The summed E-state index contributed by atoms with van der Waals surface area (Å²) in [6.45, 7) is 12.1. The first-order valence-electron chi connectivity index (χ1n) is 10.8. The van der Waals surface area contributed by atoms with Gasteiger partial charge in [0, 0.05) is 5.56 Å². The van der Waals surface area contributed by atoms with Crippen molar-refractivity contribution in [3.8, 4) is 17.2 Å². The highest BCUT2D eigenvalue weighted by molar-refractivity contribution is 5.97. The highest BCUT2D eigenvalue weighted by Gasteiger charge is 2.28. The summed E-state index contributed by atoms with van der Waals surface area (Å²) >= 11 is 0. The van der Waals surface area contributed by atoms with Crippen molar-refractivity contribution in [3.05, 3.63) is 53.1 Å². The van der Waals surface area contributed by atoms with Gasteiger partial charge in [-0.3, -0.25) is 4.79 Å². The lowest BCUT2D eigenvalue weighted by Gasteiger charge is -2.30. The number of phenolic OH excluding ortho intramolecular Hbond substituents is 1. The first-order chi connectivity index (χ1) is 14.7. The van der Waals surface area contributed by atoms with E-state index in [0.29, 0.717) is 5.75 Å². The first-order valence-corrected chi connectivity index (χ1v) is 10.8. The Morgan fingerprint density at radius 3 is 2.06 bits per heavy atom. The second kappa shape index (κ2) is 9.48. The lowest BCUT2D eigenvalue weighted by molar-refractivity contribution is -0.305. The number of phenols is 1. The molecule has 1 amide bonds. The Labute approximate surface area is 189 Å². The number of nitrogens with one attached hydrogen (secondary N) is 1. The molecule has 32 heavy (non-hydrogen) atoms. The summed E-state index contributed by atoms with van der Waals surface area (Å²) in [6, 6.07) is 10.2. The predicted octanol–water partition coefficient (Wildman–Crippen LogP) is 3.92. The minimum Gasteiger partial charge on any atom is -0.508 e. The zero-order chi connectivity index (χ0) is 24.3. The van der Waals surface area contributed by atoms with E-state index in [1.807, 2.05) is 12.1 Å². The summed E-state index contributed by atoms with van der Waals surface area (Å²) in [5, 5.41) is 39.2. The van der Waals surface area contributed by atoms with Crippen LogP contribution in [0.2, 0.25) is 0 Å². The highest BCUT2D eigenvalue weighted by Crippen LogP contribution is 2.41. The number of rotatable bonds is 9. The molecule has 2 aromatic carbocycles. The number of carbonyl (C=O) groups excluding carboxylic acids is 1. The number of amides is 1. The van der Waals surface area contributed by atoms with E-state index in [2.05, 4.69) is 52.9 Å².